The van der Waals surface area contributed by atoms with E-state index in [-0.39, 0.29) is 11.2 Å². The molecule has 98 valence electrons. The number of benzene rings is 1. The van der Waals surface area contributed by atoms with Crippen molar-refractivity contribution in [3.05, 3.63) is 47.9 Å². The fraction of sp³-hybridized carbons (Fsp3) is 0.231. The molecule has 1 unspecified atom stereocenters. The third-order valence-corrected chi connectivity index (χ3v) is 3.10. The Morgan fingerprint density at radius 2 is 2.26 bits per heavy atom. The van der Waals surface area contributed by atoms with Crippen LogP contribution in [0.5, 0.6) is 0 Å². The monoisotopic (exact) mass is 279 g/mol. The van der Waals surface area contributed by atoms with E-state index in [2.05, 4.69) is 10.1 Å². The van der Waals surface area contributed by atoms with Gasteiger partial charge in [0.15, 0.2) is 5.76 Å². The average Bonchev–Trinajstić information content (AvgIpc) is 2.97. The molecule has 0 radical (unpaired) electrons. The van der Waals surface area contributed by atoms with Crippen LogP contribution in [0.4, 0.5) is 4.39 Å². The highest BCUT2D eigenvalue weighted by Crippen LogP contribution is 2.26. The number of fused-ring (bicyclic) bond motifs is 1. The van der Waals surface area contributed by atoms with E-state index in [4.69, 9.17) is 16.1 Å². The predicted octanol–water partition coefficient (Wildman–Crippen LogP) is 3.51. The lowest BCUT2D eigenvalue weighted by atomic mass is 10.3. The molecule has 0 aliphatic rings. The van der Waals surface area contributed by atoms with Crippen LogP contribution >= 0.6 is 11.6 Å². The third-order valence-electron chi connectivity index (χ3n) is 2.90. The zero-order chi connectivity index (χ0) is 13.4. The summed E-state index contributed by atoms with van der Waals surface area (Å²) in [6.45, 7) is 2.30. The van der Waals surface area contributed by atoms with Gasteiger partial charge in [0, 0.05) is 12.1 Å². The molecule has 0 bridgehead atoms. The van der Waals surface area contributed by atoms with Crippen LogP contribution in [-0.4, -0.2) is 14.7 Å². The van der Waals surface area contributed by atoms with E-state index >= 15 is 0 Å². The van der Waals surface area contributed by atoms with Gasteiger partial charge in [0.2, 0.25) is 0 Å². The Hall–Kier alpha value is -1.88. The Balaban J connectivity index is 2.16. The highest BCUT2D eigenvalue weighted by molar-refractivity contribution is 6.20. The van der Waals surface area contributed by atoms with Crippen LogP contribution < -0.4 is 0 Å². The molecule has 19 heavy (non-hydrogen) atoms. The Labute approximate surface area is 113 Å². The molecular formula is C13H11ClFN3O. The second kappa shape index (κ2) is 4.66. The molecule has 3 rings (SSSR count). The summed E-state index contributed by atoms with van der Waals surface area (Å²) in [6.07, 6.45) is 1.58. The molecule has 1 aromatic carbocycles. The van der Waals surface area contributed by atoms with Crippen LogP contribution in [0.2, 0.25) is 0 Å². The van der Waals surface area contributed by atoms with Gasteiger partial charge < -0.3 is 9.09 Å². The van der Waals surface area contributed by atoms with Gasteiger partial charge in [-0.1, -0.05) is 5.16 Å². The molecule has 0 saturated heterocycles. The van der Waals surface area contributed by atoms with Crippen molar-refractivity contribution >= 4 is 22.6 Å². The minimum Gasteiger partial charge on any atom is -0.359 e. The first kappa shape index (κ1) is 12.2. The smallest absolute Gasteiger partial charge is 0.156 e. The fourth-order valence-corrected chi connectivity index (χ4v) is 2.24. The topological polar surface area (TPSA) is 43.9 Å². The molecule has 0 amide bonds. The van der Waals surface area contributed by atoms with E-state index in [0.29, 0.717) is 23.6 Å². The second-order valence-corrected chi connectivity index (χ2v) is 4.94. The number of aromatic nitrogens is 3. The van der Waals surface area contributed by atoms with Crippen molar-refractivity contribution in [2.24, 2.45) is 0 Å². The van der Waals surface area contributed by atoms with Gasteiger partial charge in [-0.2, -0.15) is 0 Å². The molecule has 0 saturated carbocycles. The van der Waals surface area contributed by atoms with Crippen molar-refractivity contribution < 1.29 is 8.91 Å². The molecule has 0 spiro atoms. The van der Waals surface area contributed by atoms with Gasteiger partial charge in [0.25, 0.3) is 0 Å². The number of nitrogens with zero attached hydrogens (tertiary/aromatic N) is 3. The second-order valence-electron chi connectivity index (χ2n) is 4.28. The minimum atomic E-state index is -0.314. The van der Waals surface area contributed by atoms with Crippen LogP contribution in [0.3, 0.4) is 0 Å². The number of rotatable bonds is 3. The van der Waals surface area contributed by atoms with E-state index in [1.807, 2.05) is 11.5 Å². The fourth-order valence-electron chi connectivity index (χ4n) is 2.07. The van der Waals surface area contributed by atoms with Crippen molar-refractivity contribution in [2.75, 3.05) is 0 Å². The number of imidazole rings is 1. The third kappa shape index (κ3) is 2.21. The summed E-state index contributed by atoms with van der Waals surface area (Å²) < 4.78 is 20.3. The zero-order valence-corrected chi connectivity index (χ0v) is 10.9. The largest absolute Gasteiger partial charge is 0.359 e. The van der Waals surface area contributed by atoms with Crippen molar-refractivity contribution in [3.8, 4) is 0 Å². The maximum absolute atomic E-state index is 13.2. The van der Waals surface area contributed by atoms with Crippen LogP contribution in [0.1, 0.15) is 23.9 Å². The molecule has 1 atom stereocenters. The Morgan fingerprint density at radius 1 is 1.42 bits per heavy atom. The van der Waals surface area contributed by atoms with Crippen LogP contribution in [0.15, 0.2) is 35.0 Å². The molecule has 0 N–H and O–H groups in total. The minimum absolute atomic E-state index is 0.279. The Morgan fingerprint density at radius 3 is 2.95 bits per heavy atom. The molecule has 0 aliphatic heterocycles. The molecular weight excluding hydrogens is 269 g/mol. The molecule has 0 fully saturated rings. The van der Waals surface area contributed by atoms with Crippen LogP contribution in [0, 0.1) is 5.82 Å². The lowest BCUT2D eigenvalue weighted by Gasteiger charge is -2.08. The highest BCUT2D eigenvalue weighted by atomic mass is 35.5. The standard InChI is InChI=1S/C13H11ClFN3O/c1-8(14)13-17-11-6-9(15)2-3-12(11)18(13)7-10-4-5-16-19-10/h2-6,8H,7H2,1H3. The Bertz CT molecular complexity index is 706. The highest BCUT2D eigenvalue weighted by Gasteiger charge is 2.16. The average molecular weight is 280 g/mol. The van der Waals surface area contributed by atoms with Gasteiger partial charge in [-0.05, 0) is 19.1 Å². The van der Waals surface area contributed by atoms with Gasteiger partial charge in [-0.3, -0.25) is 0 Å². The number of alkyl halides is 1. The van der Waals surface area contributed by atoms with Gasteiger partial charge in [0.1, 0.15) is 11.6 Å². The summed E-state index contributed by atoms with van der Waals surface area (Å²) in [4.78, 5) is 4.38. The van der Waals surface area contributed by atoms with Crippen molar-refractivity contribution in [1.82, 2.24) is 14.7 Å². The lowest BCUT2D eigenvalue weighted by Crippen LogP contribution is -2.05. The molecule has 2 aromatic heterocycles. The predicted molar refractivity (Wildman–Crippen MR) is 69.6 cm³/mol. The maximum atomic E-state index is 13.2. The van der Waals surface area contributed by atoms with Gasteiger partial charge in [0.05, 0.1) is 29.2 Å². The van der Waals surface area contributed by atoms with Crippen molar-refractivity contribution in [1.29, 1.82) is 0 Å². The molecule has 6 heteroatoms. The number of hydrogen-bond acceptors (Lipinski definition) is 3. The summed E-state index contributed by atoms with van der Waals surface area (Å²) in [5.74, 6) is 1.06. The molecule has 0 aliphatic carbocycles. The Kier molecular flexibility index (Phi) is 2.98. The molecule has 3 aromatic rings. The maximum Gasteiger partial charge on any atom is 0.156 e. The van der Waals surface area contributed by atoms with Gasteiger partial charge in [-0.15, -0.1) is 11.6 Å². The number of hydrogen-bond donors (Lipinski definition) is 0. The van der Waals surface area contributed by atoms with E-state index in [1.54, 1.807) is 18.3 Å². The summed E-state index contributed by atoms with van der Waals surface area (Å²) >= 11 is 6.14. The zero-order valence-electron chi connectivity index (χ0n) is 10.2. The van der Waals surface area contributed by atoms with E-state index in [9.17, 15) is 4.39 Å². The van der Waals surface area contributed by atoms with Gasteiger partial charge >= 0.3 is 0 Å². The van der Waals surface area contributed by atoms with E-state index < -0.39 is 0 Å². The lowest BCUT2D eigenvalue weighted by molar-refractivity contribution is 0.376. The van der Waals surface area contributed by atoms with Crippen LogP contribution in [-0.2, 0) is 6.54 Å². The SMILES string of the molecule is CC(Cl)c1nc2cc(F)ccc2n1Cc1ccno1. The van der Waals surface area contributed by atoms with Gasteiger partial charge in [-0.25, -0.2) is 9.37 Å². The first-order chi connectivity index (χ1) is 9.15. The first-order valence-corrected chi connectivity index (χ1v) is 6.28. The summed E-state index contributed by atoms with van der Waals surface area (Å²) in [6, 6.07) is 6.27. The summed E-state index contributed by atoms with van der Waals surface area (Å²) in [5, 5.41) is 3.39. The summed E-state index contributed by atoms with van der Waals surface area (Å²) in [5.41, 5.74) is 1.40. The van der Waals surface area contributed by atoms with Crippen molar-refractivity contribution in [2.45, 2.75) is 18.8 Å². The van der Waals surface area contributed by atoms with E-state index in [0.717, 1.165) is 5.52 Å². The van der Waals surface area contributed by atoms with E-state index in [1.165, 1.54) is 12.1 Å². The normalized spacial score (nSPS) is 13.0. The van der Waals surface area contributed by atoms with Crippen LogP contribution in [0.25, 0.3) is 11.0 Å². The van der Waals surface area contributed by atoms with Crippen molar-refractivity contribution in [3.63, 3.8) is 0 Å². The molecule has 2 heterocycles. The summed E-state index contributed by atoms with van der Waals surface area (Å²) in [7, 11) is 0. The number of halogens is 2. The first-order valence-electron chi connectivity index (χ1n) is 5.84. The quantitative estimate of drug-likeness (QED) is 0.689. The molecule has 4 nitrogen and oxygen atoms in total.